The van der Waals surface area contributed by atoms with Gasteiger partial charge in [-0.05, 0) is 68.9 Å². The van der Waals surface area contributed by atoms with Gasteiger partial charge in [-0.3, -0.25) is 10.1 Å². The lowest BCUT2D eigenvalue weighted by molar-refractivity contribution is -0.124. The summed E-state index contributed by atoms with van der Waals surface area (Å²) in [6.07, 6.45) is 8.40. The highest BCUT2D eigenvalue weighted by Crippen LogP contribution is 2.44. The Bertz CT molecular complexity index is 1810. The van der Waals surface area contributed by atoms with Gasteiger partial charge in [0.15, 0.2) is 5.69 Å². The molecule has 1 N–H and O–H groups in total. The number of alkyl halides is 2. The van der Waals surface area contributed by atoms with Crippen LogP contribution in [0.4, 0.5) is 30.6 Å². The van der Waals surface area contributed by atoms with Crippen molar-refractivity contribution in [2.24, 2.45) is 4.99 Å². The number of hydrogen-bond acceptors (Lipinski definition) is 9. The van der Waals surface area contributed by atoms with Gasteiger partial charge in [-0.25, -0.2) is 28.1 Å². The molecule has 3 amide bonds. The molecule has 1 saturated heterocycles. The summed E-state index contributed by atoms with van der Waals surface area (Å²) >= 11 is 12.1. The number of nitriles is 2. The minimum Gasteiger partial charge on any atom is -0.377 e. The third kappa shape index (κ3) is 10.4. The van der Waals surface area contributed by atoms with Gasteiger partial charge in [0.05, 0.1) is 66.1 Å². The number of nitrogens with one attached hydrogen (secondary N) is 1. The van der Waals surface area contributed by atoms with Crippen molar-refractivity contribution in [1.82, 2.24) is 10.2 Å². The average molecular weight is 787 g/mol. The molecule has 3 aliphatic rings. The number of rotatable bonds is 13. The van der Waals surface area contributed by atoms with E-state index in [0.717, 1.165) is 38.5 Å². The predicted molar refractivity (Wildman–Crippen MR) is 200 cm³/mol. The second-order valence-electron chi connectivity index (χ2n) is 12.8. The summed E-state index contributed by atoms with van der Waals surface area (Å²) in [5.74, 6) is -0.264. The molecular weight excluding hydrogens is 743 g/mol. The van der Waals surface area contributed by atoms with Crippen molar-refractivity contribution in [1.29, 1.82) is 10.5 Å². The number of halogens is 4. The summed E-state index contributed by atoms with van der Waals surface area (Å²) in [5, 5.41) is 21.9. The van der Waals surface area contributed by atoms with Crippen molar-refractivity contribution in [2.45, 2.75) is 76.3 Å². The van der Waals surface area contributed by atoms with Crippen LogP contribution in [-0.4, -0.2) is 86.9 Å². The van der Waals surface area contributed by atoms with E-state index in [0.29, 0.717) is 64.8 Å². The summed E-state index contributed by atoms with van der Waals surface area (Å²) in [6, 6.07) is 10.1. The number of hydrogen-bond donors (Lipinski definition) is 1. The molecule has 5 rings (SSSR count). The smallest absolute Gasteiger partial charge is 0.332 e. The van der Waals surface area contributed by atoms with Crippen LogP contribution in [0.3, 0.4) is 0 Å². The van der Waals surface area contributed by atoms with E-state index in [1.54, 1.807) is 30.9 Å². The molecule has 2 aromatic carbocycles. The molecular formula is C38H43Cl2F2N7O5. The largest absolute Gasteiger partial charge is 0.377 e. The van der Waals surface area contributed by atoms with Gasteiger partial charge >= 0.3 is 6.03 Å². The van der Waals surface area contributed by atoms with Crippen LogP contribution in [0.15, 0.2) is 29.3 Å². The normalized spacial score (nSPS) is 16.4. The highest BCUT2D eigenvalue weighted by atomic mass is 35.5. The molecule has 0 aromatic heterocycles. The highest BCUT2D eigenvalue weighted by molar-refractivity contribution is 6.34. The molecule has 0 radical (unpaired) electrons. The van der Waals surface area contributed by atoms with E-state index in [4.69, 9.17) is 49.8 Å². The van der Waals surface area contributed by atoms with E-state index < -0.39 is 24.9 Å². The van der Waals surface area contributed by atoms with Crippen molar-refractivity contribution in [2.75, 3.05) is 57.8 Å². The first kappa shape index (κ1) is 44.0. The van der Waals surface area contributed by atoms with Gasteiger partial charge in [0, 0.05) is 13.1 Å². The first-order valence-electron chi connectivity index (χ1n) is 17.5. The van der Waals surface area contributed by atoms with E-state index in [2.05, 4.69) is 21.2 Å². The molecule has 0 unspecified atom stereocenters. The minimum absolute atomic E-state index is 0.0307. The molecule has 2 aromatic rings. The number of urea groups is 1. The van der Waals surface area contributed by atoms with Gasteiger partial charge < -0.3 is 14.4 Å². The van der Waals surface area contributed by atoms with Crippen molar-refractivity contribution in [3.8, 4) is 12.1 Å². The van der Waals surface area contributed by atoms with Crippen LogP contribution < -0.4 is 10.2 Å². The van der Waals surface area contributed by atoms with Crippen LogP contribution in [0.1, 0.15) is 68.1 Å². The van der Waals surface area contributed by atoms with Gasteiger partial charge in [-0.15, -0.1) is 0 Å². The molecule has 3 fully saturated rings. The zero-order valence-corrected chi connectivity index (χ0v) is 31.9. The third-order valence-corrected chi connectivity index (χ3v) is 10.6. The number of carbonyl (C=O) groups is 2. The number of imide groups is 1. The van der Waals surface area contributed by atoms with E-state index in [1.165, 1.54) is 23.1 Å². The van der Waals surface area contributed by atoms with Crippen LogP contribution in [0.25, 0.3) is 4.85 Å². The Hall–Kier alpha value is -4.45. The van der Waals surface area contributed by atoms with Crippen LogP contribution in [-0.2, 0) is 19.1 Å². The Kier molecular flexibility index (Phi) is 17.5. The van der Waals surface area contributed by atoms with Gasteiger partial charge in [0.1, 0.15) is 30.5 Å². The molecule has 288 valence electrons. The molecule has 54 heavy (non-hydrogen) atoms. The Morgan fingerprint density at radius 2 is 1.56 bits per heavy atom. The zero-order chi connectivity index (χ0) is 39.7. The fourth-order valence-corrected chi connectivity index (χ4v) is 7.14. The standard InChI is InChI=1S/C19H21ClFN3O3.C10H17FN2O.C9H5ClN2O/c1-13-15(5-4-14(12-22)16(13)20)24-17(25)19(6-2-3-7-19)23(18(24)26)9-11-27-10-8-21;11-5-7-14-8-6-13-10(9-12)3-1-2-4-10;1-6-7(11-2)3-4-8(9(6)10)12-5-13/h4-5H,2-3,6-11H2,1H3;13H,1-8H2;3-4H,1H3. The lowest BCUT2D eigenvalue weighted by atomic mass is 9.95. The molecule has 1 spiro atoms. The fourth-order valence-electron chi connectivity index (χ4n) is 6.74. The SMILES string of the molecule is Cc1c(N2C(=O)N(CCOCCF)C3(CCCC3)C2=O)ccc(C#N)c1Cl.N#CC1(NCCOCCF)CCCC1.[C-]#[N+]c1ccc(N=C=O)c(Cl)c1C. The summed E-state index contributed by atoms with van der Waals surface area (Å²) in [7, 11) is 0. The predicted octanol–water partition coefficient (Wildman–Crippen LogP) is 8.15. The molecule has 0 atom stereocenters. The first-order chi connectivity index (χ1) is 26.0. The maximum Gasteiger partial charge on any atom is 0.332 e. The molecule has 2 aliphatic carbocycles. The maximum absolute atomic E-state index is 13.3. The average Bonchev–Trinajstić information content (AvgIpc) is 3.91. The molecule has 1 aliphatic heterocycles. The molecule has 2 saturated carbocycles. The summed E-state index contributed by atoms with van der Waals surface area (Å²) in [6.45, 7) is 10.8. The monoisotopic (exact) mass is 785 g/mol. The Morgan fingerprint density at radius 1 is 0.926 bits per heavy atom. The third-order valence-electron chi connectivity index (χ3n) is 9.60. The molecule has 0 bridgehead atoms. The second-order valence-corrected chi connectivity index (χ2v) is 13.5. The lowest BCUT2D eigenvalue weighted by Crippen LogP contribution is -2.48. The van der Waals surface area contributed by atoms with Crippen molar-refractivity contribution in [3.05, 3.63) is 62.4 Å². The molecule has 1 heterocycles. The molecule has 16 heteroatoms. The summed E-state index contributed by atoms with van der Waals surface area (Å²) < 4.78 is 34.1. The van der Waals surface area contributed by atoms with Crippen molar-refractivity contribution in [3.63, 3.8) is 0 Å². The fraction of sp³-hybridized carbons (Fsp3) is 0.526. The summed E-state index contributed by atoms with van der Waals surface area (Å²) in [4.78, 5) is 45.8. The second kappa shape index (κ2) is 21.4. The Morgan fingerprint density at radius 3 is 2.13 bits per heavy atom. The number of amides is 3. The van der Waals surface area contributed by atoms with Crippen molar-refractivity contribution >= 4 is 58.3 Å². The maximum atomic E-state index is 13.3. The Balaban J connectivity index is 0.000000244. The number of aliphatic imine (C=N–C) groups is 1. The number of carbonyl (C=O) groups excluding carboxylic acids is 3. The van der Waals surface area contributed by atoms with Crippen LogP contribution >= 0.6 is 23.2 Å². The first-order valence-corrected chi connectivity index (χ1v) is 18.3. The Labute approximate surface area is 324 Å². The van der Waals surface area contributed by atoms with E-state index in [1.807, 2.05) is 6.07 Å². The number of anilines is 1. The lowest BCUT2D eigenvalue weighted by Gasteiger charge is -2.31. The number of isocyanates is 1. The van der Waals surface area contributed by atoms with Gasteiger partial charge in [0.2, 0.25) is 6.08 Å². The van der Waals surface area contributed by atoms with E-state index >= 15 is 0 Å². The van der Waals surface area contributed by atoms with Crippen molar-refractivity contribution < 1.29 is 32.6 Å². The zero-order valence-electron chi connectivity index (χ0n) is 30.4. The van der Waals surface area contributed by atoms with Gasteiger partial charge in [-0.2, -0.15) is 15.5 Å². The van der Waals surface area contributed by atoms with E-state index in [9.17, 15) is 23.2 Å². The number of nitrogens with zero attached hydrogens (tertiary/aromatic N) is 6. The van der Waals surface area contributed by atoms with Crippen LogP contribution in [0.5, 0.6) is 0 Å². The minimum atomic E-state index is -0.872. The van der Waals surface area contributed by atoms with Crippen LogP contribution in [0.2, 0.25) is 10.0 Å². The van der Waals surface area contributed by atoms with E-state index in [-0.39, 0.29) is 42.8 Å². The number of benzene rings is 2. The van der Waals surface area contributed by atoms with Crippen LogP contribution in [0, 0.1) is 43.1 Å². The molecule has 12 nitrogen and oxygen atoms in total. The summed E-state index contributed by atoms with van der Waals surface area (Å²) in [5.41, 5.74) is 1.45. The van der Waals surface area contributed by atoms with Gasteiger partial charge in [0.25, 0.3) is 5.91 Å². The topological polar surface area (TPSA) is 152 Å². The highest BCUT2D eigenvalue weighted by Gasteiger charge is 2.58. The van der Waals surface area contributed by atoms with Gasteiger partial charge in [-0.1, -0.05) is 55.0 Å². The number of ether oxygens (including phenoxy) is 2. The quantitative estimate of drug-likeness (QED) is 0.0702.